The molecule has 1 aliphatic rings. The van der Waals surface area contributed by atoms with Crippen LogP contribution >= 0.6 is 0 Å². The standard InChI is InChI=1S/C18H24N2O/c1-3-16-12-19-17(15-8-5-4-6-9-15)13-20(16)14(2)18-10-7-11-21-18/h4-11,14,16-17,19H,3,12-13H2,1-2H3. The molecule has 3 rings (SSSR count). The van der Waals surface area contributed by atoms with Gasteiger partial charge in [0.1, 0.15) is 5.76 Å². The van der Waals surface area contributed by atoms with Gasteiger partial charge in [0.2, 0.25) is 0 Å². The van der Waals surface area contributed by atoms with E-state index in [9.17, 15) is 0 Å². The van der Waals surface area contributed by atoms with E-state index in [0.29, 0.717) is 18.1 Å². The fraction of sp³-hybridized carbons (Fsp3) is 0.444. The Morgan fingerprint density at radius 2 is 2.05 bits per heavy atom. The van der Waals surface area contributed by atoms with Crippen LogP contribution in [0.15, 0.2) is 53.1 Å². The normalized spacial score (nSPS) is 24.9. The summed E-state index contributed by atoms with van der Waals surface area (Å²) in [5.41, 5.74) is 1.36. The van der Waals surface area contributed by atoms with Gasteiger partial charge >= 0.3 is 0 Å². The van der Waals surface area contributed by atoms with E-state index in [1.54, 1.807) is 6.26 Å². The summed E-state index contributed by atoms with van der Waals surface area (Å²) in [6.45, 7) is 6.55. The highest BCUT2D eigenvalue weighted by Gasteiger charge is 2.32. The molecule has 0 spiro atoms. The monoisotopic (exact) mass is 284 g/mol. The summed E-state index contributed by atoms with van der Waals surface area (Å²) in [4.78, 5) is 2.58. The molecule has 0 saturated carbocycles. The van der Waals surface area contributed by atoms with E-state index in [4.69, 9.17) is 4.42 Å². The molecule has 0 bridgehead atoms. The maximum atomic E-state index is 5.62. The highest BCUT2D eigenvalue weighted by atomic mass is 16.3. The topological polar surface area (TPSA) is 28.4 Å². The van der Waals surface area contributed by atoms with Crippen LogP contribution in [0.3, 0.4) is 0 Å². The lowest BCUT2D eigenvalue weighted by atomic mass is 9.98. The lowest BCUT2D eigenvalue weighted by molar-refractivity contribution is 0.0758. The zero-order valence-electron chi connectivity index (χ0n) is 12.8. The summed E-state index contributed by atoms with van der Waals surface area (Å²) in [6.07, 6.45) is 2.92. The molecule has 0 amide bonds. The average Bonchev–Trinajstić information content (AvgIpc) is 3.09. The second-order valence-electron chi connectivity index (χ2n) is 5.82. The smallest absolute Gasteiger partial charge is 0.120 e. The number of nitrogens with zero attached hydrogens (tertiary/aromatic N) is 1. The lowest BCUT2D eigenvalue weighted by Crippen LogP contribution is -2.53. The van der Waals surface area contributed by atoms with Crippen molar-refractivity contribution in [3.05, 3.63) is 60.1 Å². The minimum Gasteiger partial charge on any atom is -0.468 e. The molecular weight excluding hydrogens is 260 g/mol. The highest BCUT2D eigenvalue weighted by molar-refractivity contribution is 5.20. The van der Waals surface area contributed by atoms with Gasteiger partial charge in [-0.1, -0.05) is 37.3 Å². The molecule has 3 atom stereocenters. The number of rotatable bonds is 4. The van der Waals surface area contributed by atoms with Crippen molar-refractivity contribution in [3.63, 3.8) is 0 Å². The Morgan fingerprint density at radius 3 is 2.71 bits per heavy atom. The Kier molecular flexibility index (Phi) is 4.42. The van der Waals surface area contributed by atoms with Crippen LogP contribution in [-0.2, 0) is 0 Å². The summed E-state index contributed by atoms with van der Waals surface area (Å²) >= 11 is 0. The van der Waals surface area contributed by atoms with Gasteiger partial charge in [-0.2, -0.15) is 0 Å². The van der Waals surface area contributed by atoms with Crippen LogP contribution in [0, 0.1) is 0 Å². The molecule has 0 radical (unpaired) electrons. The Hall–Kier alpha value is -1.58. The van der Waals surface area contributed by atoms with E-state index in [2.05, 4.69) is 60.5 Å². The molecule has 112 valence electrons. The molecule has 1 aromatic carbocycles. The average molecular weight is 284 g/mol. The van der Waals surface area contributed by atoms with Gasteiger partial charge in [0.15, 0.2) is 0 Å². The van der Waals surface area contributed by atoms with E-state index in [-0.39, 0.29) is 0 Å². The maximum absolute atomic E-state index is 5.62. The number of hydrogen-bond donors (Lipinski definition) is 1. The second-order valence-corrected chi connectivity index (χ2v) is 5.82. The van der Waals surface area contributed by atoms with E-state index >= 15 is 0 Å². The van der Waals surface area contributed by atoms with E-state index in [1.165, 1.54) is 5.56 Å². The van der Waals surface area contributed by atoms with Gasteiger partial charge < -0.3 is 9.73 Å². The molecule has 3 nitrogen and oxygen atoms in total. The van der Waals surface area contributed by atoms with Crippen molar-refractivity contribution < 1.29 is 4.42 Å². The predicted octanol–water partition coefficient (Wildman–Crippen LogP) is 3.77. The molecule has 21 heavy (non-hydrogen) atoms. The van der Waals surface area contributed by atoms with Crippen LogP contribution in [-0.4, -0.2) is 24.0 Å². The second kappa shape index (κ2) is 6.46. The molecule has 1 fully saturated rings. The summed E-state index contributed by atoms with van der Waals surface area (Å²) in [5.74, 6) is 1.06. The van der Waals surface area contributed by atoms with Crippen LogP contribution in [0.2, 0.25) is 0 Å². The Morgan fingerprint density at radius 1 is 1.24 bits per heavy atom. The minimum atomic E-state index is 0.318. The quantitative estimate of drug-likeness (QED) is 0.926. The van der Waals surface area contributed by atoms with Gasteiger partial charge in [-0.3, -0.25) is 4.90 Å². The number of furan rings is 1. The lowest BCUT2D eigenvalue weighted by Gasteiger charge is -2.43. The molecule has 3 heteroatoms. The molecule has 1 aromatic heterocycles. The first-order valence-corrected chi connectivity index (χ1v) is 7.87. The van der Waals surface area contributed by atoms with Gasteiger partial charge in [0.05, 0.1) is 12.3 Å². The van der Waals surface area contributed by atoms with Gasteiger partial charge in [0.25, 0.3) is 0 Å². The first kappa shape index (κ1) is 14.4. The fourth-order valence-corrected chi connectivity index (χ4v) is 3.27. The van der Waals surface area contributed by atoms with Crippen molar-refractivity contribution in [2.45, 2.75) is 38.4 Å². The van der Waals surface area contributed by atoms with Crippen molar-refractivity contribution in [2.75, 3.05) is 13.1 Å². The van der Waals surface area contributed by atoms with Gasteiger partial charge in [0, 0.05) is 25.2 Å². The fourth-order valence-electron chi connectivity index (χ4n) is 3.27. The summed E-state index contributed by atoms with van der Waals surface area (Å²) in [5, 5.41) is 3.69. The molecule has 1 N–H and O–H groups in total. The predicted molar refractivity (Wildman–Crippen MR) is 85.1 cm³/mol. The number of piperazine rings is 1. The van der Waals surface area contributed by atoms with Gasteiger partial charge in [-0.25, -0.2) is 0 Å². The molecule has 2 heterocycles. The number of hydrogen-bond acceptors (Lipinski definition) is 3. The Labute approximate surface area is 127 Å². The van der Waals surface area contributed by atoms with Crippen LogP contribution in [0.5, 0.6) is 0 Å². The first-order chi connectivity index (χ1) is 10.3. The highest BCUT2D eigenvalue weighted by Crippen LogP contribution is 2.29. The molecule has 1 aliphatic heterocycles. The van der Waals surface area contributed by atoms with Crippen molar-refractivity contribution in [1.29, 1.82) is 0 Å². The first-order valence-electron chi connectivity index (χ1n) is 7.87. The zero-order chi connectivity index (χ0) is 14.7. The summed E-state index contributed by atoms with van der Waals surface area (Å²) < 4.78 is 5.62. The van der Waals surface area contributed by atoms with Crippen molar-refractivity contribution in [2.24, 2.45) is 0 Å². The Bertz CT molecular complexity index is 538. The van der Waals surface area contributed by atoms with E-state index < -0.39 is 0 Å². The third kappa shape index (κ3) is 3.04. The molecule has 0 aliphatic carbocycles. The maximum Gasteiger partial charge on any atom is 0.120 e. The van der Waals surface area contributed by atoms with Gasteiger partial charge in [-0.05, 0) is 31.0 Å². The van der Waals surface area contributed by atoms with Crippen LogP contribution < -0.4 is 5.32 Å². The third-order valence-corrected chi connectivity index (χ3v) is 4.59. The zero-order valence-corrected chi connectivity index (χ0v) is 12.8. The third-order valence-electron chi connectivity index (χ3n) is 4.59. The van der Waals surface area contributed by atoms with Gasteiger partial charge in [-0.15, -0.1) is 0 Å². The van der Waals surface area contributed by atoms with Crippen LogP contribution in [0.1, 0.15) is 43.7 Å². The molecule has 2 aromatic rings. The summed E-state index contributed by atoms with van der Waals surface area (Å²) in [6, 6.07) is 16.0. The van der Waals surface area contributed by atoms with Crippen molar-refractivity contribution >= 4 is 0 Å². The number of nitrogens with one attached hydrogen (secondary N) is 1. The molecular formula is C18H24N2O. The summed E-state index contributed by atoms with van der Waals surface area (Å²) in [7, 11) is 0. The minimum absolute atomic E-state index is 0.318. The van der Waals surface area contributed by atoms with E-state index in [1.807, 2.05) is 6.07 Å². The SMILES string of the molecule is CCC1CNC(c2ccccc2)CN1C(C)c1ccco1. The molecule has 3 unspecified atom stereocenters. The van der Waals surface area contributed by atoms with Crippen LogP contribution in [0.4, 0.5) is 0 Å². The van der Waals surface area contributed by atoms with Crippen molar-refractivity contribution in [3.8, 4) is 0 Å². The Balaban J connectivity index is 1.79. The number of benzene rings is 1. The van der Waals surface area contributed by atoms with E-state index in [0.717, 1.165) is 25.3 Å². The van der Waals surface area contributed by atoms with Crippen LogP contribution in [0.25, 0.3) is 0 Å². The largest absolute Gasteiger partial charge is 0.468 e. The molecule has 1 saturated heterocycles. The van der Waals surface area contributed by atoms with Crippen molar-refractivity contribution in [1.82, 2.24) is 10.2 Å².